The van der Waals surface area contributed by atoms with Crippen LogP contribution in [0.25, 0.3) is 0 Å². The van der Waals surface area contributed by atoms with Gasteiger partial charge in [0.2, 0.25) is 0 Å². The second-order valence-corrected chi connectivity index (χ2v) is 3.41. The van der Waals surface area contributed by atoms with Crippen molar-refractivity contribution in [2.24, 2.45) is 5.92 Å². The number of hydrogen-bond donors (Lipinski definition) is 1. The maximum absolute atomic E-state index is 10.3. The summed E-state index contributed by atoms with van der Waals surface area (Å²) in [5.41, 5.74) is 0. The van der Waals surface area contributed by atoms with Crippen LogP contribution in [0.4, 0.5) is 4.79 Å². The van der Waals surface area contributed by atoms with Crippen LogP contribution >= 0.6 is 11.6 Å². The zero-order valence-electron chi connectivity index (χ0n) is 6.64. The lowest BCUT2D eigenvalue weighted by Gasteiger charge is -2.09. The van der Waals surface area contributed by atoms with Gasteiger partial charge in [-0.1, -0.05) is 0 Å². The lowest BCUT2D eigenvalue weighted by molar-refractivity contribution is 0.258. The van der Waals surface area contributed by atoms with Crippen LogP contribution in [0.3, 0.4) is 0 Å². The highest BCUT2D eigenvalue weighted by Crippen LogP contribution is 2.12. The molecule has 1 aliphatic heterocycles. The van der Waals surface area contributed by atoms with Gasteiger partial charge in [-0.2, -0.15) is 0 Å². The molecule has 1 unspecified atom stereocenters. The van der Waals surface area contributed by atoms with Crippen LogP contribution in [0.15, 0.2) is 0 Å². The summed E-state index contributed by atoms with van der Waals surface area (Å²) in [6.07, 6.45) is 1.16. The Morgan fingerprint density at radius 2 is 2.55 bits per heavy atom. The molecule has 4 heteroatoms. The Labute approximate surface area is 71.7 Å². The first kappa shape index (κ1) is 8.81. The van der Waals surface area contributed by atoms with Gasteiger partial charge in [0, 0.05) is 13.1 Å². The number of carbonyl (C=O) groups excluding carboxylic acids is 1. The summed E-state index contributed by atoms with van der Waals surface area (Å²) in [4.78, 5) is 12.6. The van der Waals surface area contributed by atoms with Gasteiger partial charge < -0.3 is 10.2 Å². The van der Waals surface area contributed by atoms with Gasteiger partial charge in [-0.05, 0) is 37.5 Å². The molecular weight excluding hydrogens is 164 g/mol. The van der Waals surface area contributed by atoms with E-state index >= 15 is 0 Å². The van der Waals surface area contributed by atoms with Crippen molar-refractivity contribution in [1.29, 1.82) is 0 Å². The number of halogens is 1. The van der Waals surface area contributed by atoms with Gasteiger partial charge >= 0.3 is 5.37 Å². The molecule has 0 saturated carbocycles. The molecule has 0 aromatic rings. The van der Waals surface area contributed by atoms with Gasteiger partial charge in [0.25, 0.3) is 0 Å². The fourth-order valence-corrected chi connectivity index (χ4v) is 1.49. The van der Waals surface area contributed by atoms with E-state index in [0.717, 1.165) is 19.5 Å². The molecule has 0 aromatic heterocycles. The van der Waals surface area contributed by atoms with E-state index in [1.165, 1.54) is 0 Å². The first-order valence-corrected chi connectivity index (χ1v) is 4.18. The molecule has 1 heterocycles. The number of rotatable bonds is 2. The van der Waals surface area contributed by atoms with Crippen molar-refractivity contribution in [2.75, 3.05) is 26.7 Å². The normalized spacial score (nSPS) is 25.5. The first-order chi connectivity index (χ1) is 5.18. The maximum atomic E-state index is 10.3. The number of nitrogens with zero attached hydrogens (tertiary/aromatic N) is 1. The topological polar surface area (TPSA) is 32.3 Å². The van der Waals surface area contributed by atoms with Crippen LogP contribution in [0, 0.1) is 5.92 Å². The Balaban J connectivity index is 2.13. The monoisotopic (exact) mass is 176 g/mol. The minimum absolute atomic E-state index is 0.445. The van der Waals surface area contributed by atoms with Crippen LogP contribution < -0.4 is 5.32 Å². The molecule has 64 valence electrons. The molecule has 1 saturated heterocycles. The Morgan fingerprint density at radius 3 is 3.00 bits per heavy atom. The molecule has 1 rings (SSSR count). The highest BCUT2D eigenvalue weighted by Gasteiger charge is 2.19. The smallest absolute Gasteiger partial charge is 0.313 e. The minimum Gasteiger partial charge on any atom is -0.342 e. The summed E-state index contributed by atoms with van der Waals surface area (Å²) in [5, 5.41) is 2.16. The summed E-state index contributed by atoms with van der Waals surface area (Å²) in [6, 6.07) is 0. The van der Waals surface area contributed by atoms with Gasteiger partial charge in [-0.3, -0.25) is 4.79 Å². The standard InChI is InChI=1S/C7H13ClN2O/c1-10-3-2-6(5-10)4-9-7(8)11/h6H,2-5H2,1H3,(H,9,11). The van der Waals surface area contributed by atoms with Crippen molar-refractivity contribution in [3.05, 3.63) is 0 Å². The van der Waals surface area contributed by atoms with Gasteiger partial charge in [0.1, 0.15) is 0 Å². The van der Waals surface area contributed by atoms with E-state index in [0.29, 0.717) is 12.5 Å². The molecule has 1 fully saturated rings. The SMILES string of the molecule is CN1CCC(CNC(=O)Cl)C1. The quantitative estimate of drug-likeness (QED) is 0.501. The molecule has 11 heavy (non-hydrogen) atoms. The zero-order valence-corrected chi connectivity index (χ0v) is 7.40. The van der Waals surface area contributed by atoms with Crippen LogP contribution in [0.5, 0.6) is 0 Å². The summed E-state index contributed by atoms with van der Waals surface area (Å²) >= 11 is 5.13. The first-order valence-electron chi connectivity index (χ1n) is 3.80. The third-order valence-corrected chi connectivity index (χ3v) is 2.15. The summed E-state index contributed by atoms with van der Waals surface area (Å²) in [7, 11) is 2.09. The van der Waals surface area contributed by atoms with Gasteiger partial charge in [-0.15, -0.1) is 0 Å². The van der Waals surface area contributed by atoms with Crippen LogP contribution in [-0.2, 0) is 0 Å². The van der Waals surface area contributed by atoms with E-state index < -0.39 is 5.37 Å². The van der Waals surface area contributed by atoms with E-state index in [9.17, 15) is 4.79 Å². The van der Waals surface area contributed by atoms with Gasteiger partial charge in [0.05, 0.1) is 0 Å². The molecule has 1 atom stereocenters. The van der Waals surface area contributed by atoms with Crippen molar-refractivity contribution in [1.82, 2.24) is 10.2 Å². The Kier molecular flexibility index (Phi) is 3.15. The molecule has 3 nitrogen and oxygen atoms in total. The predicted molar refractivity (Wildman–Crippen MR) is 44.9 cm³/mol. The van der Waals surface area contributed by atoms with Gasteiger partial charge in [0.15, 0.2) is 0 Å². The molecule has 0 aliphatic carbocycles. The summed E-state index contributed by atoms with van der Waals surface area (Å²) in [5.74, 6) is 0.586. The number of nitrogens with one attached hydrogen (secondary N) is 1. The van der Waals surface area contributed by atoms with E-state index in [2.05, 4.69) is 17.3 Å². The molecule has 0 aromatic carbocycles. The van der Waals surface area contributed by atoms with Crippen molar-refractivity contribution < 1.29 is 4.79 Å². The highest BCUT2D eigenvalue weighted by atomic mass is 35.5. The van der Waals surface area contributed by atoms with E-state index in [-0.39, 0.29) is 0 Å². The van der Waals surface area contributed by atoms with Crippen LogP contribution in [0.2, 0.25) is 0 Å². The lowest BCUT2D eigenvalue weighted by atomic mass is 10.1. The number of carbonyl (C=O) groups is 1. The predicted octanol–water partition coefficient (Wildman–Crippen LogP) is 0.887. The molecular formula is C7H13ClN2O. The molecule has 1 amide bonds. The second-order valence-electron chi connectivity index (χ2n) is 3.07. The molecule has 1 N–H and O–H groups in total. The maximum Gasteiger partial charge on any atom is 0.313 e. The lowest BCUT2D eigenvalue weighted by Crippen LogP contribution is -2.26. The van der Waals surface area contributed by atoms with Crippen LogP contribution in [0.1, 0.15) is 6.42 Å². The van der Waals surface area contributed by atoms with Crippen LogP contribution in [-0.4, -0.2) is 36.9 Å². The number of hydrogen-bond acceptors (Lipinski definition) is 2. The second kappa shape index (κ2) is 3.93. The average molecular weight is 177 g/mol. The third-order valence-electron chi connectivity index (χ3n) is 2.02. The number of likely N-dealkylation sites (tertiary alicyclic amines) is 1. The Hall–Kier alpha value is -0.280. The summed E-state index contributed by atoms with van der Waals surface area (Å²) < 4.78 is 0. The van der Waals surface area contributed by atoms with E-state index in [1.807, 2.05) is 0 Å². The molecule has 0 radical (unpaired) electrons. The largest absolute Gasteiger partial charge is 0.342 e. The fraction of sp³-hybridized carbons (Fsp3) is 0.857. The molecule has 0 spiro atoms. The van der Waals surface area contributed by atoms with Crippen molar-refractivity contribution in [2.45, 2.75) is 6.42 Å². The zero-order chi connectivity index (χ0) is 8.27. The van der Waals surface area contributed by atoms with Crippen molar-refractivity contribution in [3.63, 3.8) is 0 Å². The highest BCUT2D eigenvalue weighted by molar-refractivity contribution is 6.62. The number of amides is 1. The van der Waals surface area contributed by atoms with Crippen molar-refractivity contribution >= 4 is 17.0 Å². The Morgan fingerprint density at radius 1 is 1.82 bits per heavy atom. The summed E-state index contributed by atoms with van der Waals surface area (Å²) in [6.45, 7) is 2.91. The van der Waals surface area contributed by atoms with E-state index in [1.54, 1.807) is 0 Å². The Bertz CT molecular complexity index is 151. The van der Waals surface area contributed by atoms with Gasteiger partial charge in [-0.25, -0.2) is 0 Å². The molecule has 0 bridgehead atoms. The minimum atomic E-state index is -0.445. The third kappa shape index (κ3) is 3.08. The average Bonchev–Trinajstić information content (AvgIpc) is 2.31. The van der Waals surface area contributed by atoms with Crippen molar-refractivity contribution in [3.8, 4) is 0 Å². The molecule has 1 aliphatic rings. The fourth-order valence-electron chi connectivity index (χ4n) is 1.42. The van der Waals surface area contributed by atoms with E-state index in [4.69, 9.17) is 11.6 Å².